The lowest BCUT2D eigenvalue weighted by Crippen LogP contribution is -2.31. The summed E-state index contributed by atoms with van der Waals surface area (Å²) in [4.78, 5) is 23.4. The van der Waals surface area contributed by atoms with Crippen LogP contribution in [-0.2, 0) is 4.79 Å². The van der Waals surface area contributed by atoms with Crippen LogP contribution in [0.25, 0.3) is 0 Å². The zero-order valence-electron chi connectivity index (χ0n) is 14.3. The second-order valence-electron chi connectivity index (χ2n) is 5.55. The molecule has 1 N–H and O–H groups in total. The van der Waals surface area contributed by atoms with Crippen LogP contribution >= 0.6 is 0 Å². The molecule has 0 heterocycles. The number of nitrogens with one attached hydrogen (secondary N) is 1. The van der Waals surface area contributed by atoms with Gasteiger partial charge in [-0.2, -0.15) is 0 Å². The van der Waals surface area contributed by atoms with Crippen molar-refractivity contribution in [3.63, 3.8) is 0 Å². The summed E-state index contributed by atoms with van der Waals surface area (Å²) in [5.41, 5.74) is 1.29. The maximum atomic E-state index is 12.9. The number of amides is 1. The van der Waals surface area contributed by atoms with E-state index in [0.29, 0.717) is 17.1 Å². The second-order valence-corrected chi connectivity index (χ2v) is 5.55. The number of carbonyl (C=O) groups is 2. The highest BCUT2D eigenvalue weighted by molar-refractivity contribution is 5.94. The van der Waals surface area contributed by atoms with Crippen molar-refractivity contribution in [2.75, 3.05) is 13.7 Å². The molecule has 6 heteroatoms. The van der Waals surface area contributed by atoms with E-state index in [9.17, 15) is 14.0 Å². The van der Waals surface area contributed by atoms with Crippen LogP contribution in [0.1, 0.15) is 35.8 Å². The van der Waals surface area contributed by atoms with Crippen molar-refractivity contribution in [1.29, 1.82) is 0 Å². The Hall–Kier alpha value is -2.89. The van der Waals surface area contributed by atoms with E-state index in [2.05, 4.69) is 5.32 Å². The number of halogens is 1. The van der Waals surface area contributed by atoms with E-state index >= 15 is 0 Å². The maximum Gasteiger partial charge on any atom is 0.258 e. The molecule has 25 heavy (non-hydrogen) atoms. The molecule has 5 nitrogen and oxygen atoms in total. The molecule has 0 aromatic heterocycles. The molecular formula is C19H20FNO4. The minimum Gasteiger partial charge on any atom is -0.493 e. The van der Waals surface area contributed by atoms with Gasteiger partial charge in [0.25, 0.3) is 5.91 Å². The molecule has 0 saturated heterocycles. The Morgan fingerprint density at radius 1 is 1.12 bits per heavy atom. The molecule has 0 saturated carbocycles. The van der Waals surface area contributed by atoms with E-state index in [1.807, 2.05) is 0 Å². The zero-order chi connectivity index (χ0) is 18.4. The minimum atomic E-state index is -0.327. The van der Waals surface area contributed by atoms with E-state index in [4.69, 9.17) is 9.47 Å². The summed E-state index contributed by atoms with van der Waals surface area (Å²) >= 11 is 0. The molecule has 1 amide bonds. The van der Waals surface area contributed by atoms with Crippen LogP contribution in [0, 0.1) is 5.82 Å². The van der Waals surface area contributed by atoms with E-state index in [0.717, 1.165) is 5.56 Å². The SMILES string of the molecule is COc1cc(C(C)=O)ccc1OCC(=O)N[C@@H](C)c1ccc(F)cc1. The fourth-order valence-electron chi connectivity index (χ4n) is 2.27. The number of methoxy groups -OCH3 is 1. The van der Waals surface area contributed by atoms with Gasteiger partial charge in [-0.05, 0) is 49.7 Å². The third kappa shape index (κ3) is 5.04. The fraction of sp³-hybridized carbons (Fsp3) is 0.263. The van der Waals surface area contributed by atoms with Gasteiger partial charge in [0.15, 0.2) is 23.9 Å². The van der Waals surface area contributed by atoms with Gasteiger partial charge >= 0.3 is 0 Å². The standard InChI is InChI=1S/C19H20FNO4/c1-12(14-4-7-16(20)8-5-14)21-19(23)11-25-17-9-6-15(13(2)22)10-18(17)24-3/h4-10,12H,11H2,1-3H3,(H,21,23)/t12-/m0/s1. The first-order chi connectivity index (χ1) is 11.9. The number of rotatable bonds is 7. The highest BCUT2D eigenvalue weighted by Gasteiger charge is 2.13. The number of Topliss-reactive ketones (excluding diaryl/α,β-unsaturated/α-hetero) is 1. The third-order valence-corrected chi connectivity index (χ3v) is 3.68. The van der Waals surface area contributed by atoms with Crippen molar-refractivity contribution >= 4 is 11.7 Å². The Morgan fingerprint density at radius 3 is 2.40 bits per heavy atom. The van der Waals surface area contributed by atoms with Crippen molar-refractivity contribution in [3.8, 4) is 11.5 Å². The van der Waals surface area contributed by atoms with Gasteiger partial charge in [-0.1, -0.05) is 12.1 Å². The Morgan fingerprint density at radius 2 is 1.80 bits per heavy atom. The lowest BCUT2D eigenvalue weighted by molar-refractivity contribution is -0.123. The highest BCUT2D eigenvalue weighted by atomic mass is 19.1. The summed E-state index contributed by atoms with van der Waals surface area (Å²) < 4.78 is 23.6. The van der Waals surface area contributed by atoms with Gasteiger partial charge in [0, 0.05) is 5.56 Å². The van der Waals surface area contributed by atoms with E-state index in [1.54, 1.807) is 37.3 Å². The first-order valence-electron chi connectivity index (χ1n) is 7.77. The highest BCUT2D eigenvalue weighted by Crippen LogP contribution is 2.28. The largest absolute Gasteiger partial charge is 0.493 e. The van der Waals surface area contributed by atoms with Gasteiger partial charge < -0.3 is 14.8 Å². The number of hydrogen-bond donors (Lipinski definition) is 1. The molecule has 0 bridgehead atoms. The van der Waals surface area contributed by atoms with E-state index < -0.39 is 0 Å². The molecule has 0 spiro atoms. The van der Waals surface area contributed by atoms with Crippen LogP contribution in [0.3, 0.4) is 0 Å². The van der Waals surface area contributed by atoms with E-state index in [1.165, 1.54) is 26.2 Å². The molecule has 2 aromatic rings. The monoisotopic (exact) mass is 345 g/mol. The van der Waals surface area contributed by atoms with Crippen LogP contribution in [-0.4, -0.2) is 25.4 Å². The number of ketones is 1. The summed E-state index contributed by atoms with van der Waals surface area (Å²) in [7, 11) is 1.46. The van der Waals surface area contributed by atoms with Gasteiger partial charge in [-0.15, -0.1) is 0 Å². The maximum absolute atomic E-state index is 12.9. The number of benzene rings is 2. The Bertz CT molecular complexity index is 759. The summed E-state index contributed by atoms with van der Waals surface area (Å²) in [5, 5.41) is 2.77. The Kier molecular flexibility index (Phi) is 6.11. The molecule has 0 unspecified atom stereocenters. The lowest BCUT2D eigenvalue weighted by Gasteiger charge is -2.15. The average molecular weight is 345 g/mol. The quantitative estimate of drug-likeness (QED) is 0.782. The topological polar surface area (TPSA) is 64.6 Å². The van der Waals surface area contributed by atoms with Gasteiger partial charge in [0.1, 0.15) is 5.82 Å². The summed E-state index contributed by atoms with van der Waals surface area (Å²) in [6.07, 6.45) is 0. The normalized spacial score (nSPS) is 11.5. The molecule has 0 fully saturated rings. The average Bonchev–Trinajstić information content (AvgIpc) is 2.60. The fourth-order valence-corrected chi connectivity index (χ4v) is 2.27. The molecule has 132 valence electrons. The Labute approximate surface area is 145 Å². The van der Waals surface area contributed by atoms with Gasteiger partial charge in [0.2, 0.25) is 0 Å². The van der Waals surface area contributed by atoms with Crippen LogP contribution in [0.15, 0.2) is 42.5 Å². The molecular weight excluding hydrogens is 325 g/mol. The molecule has 2 rings (SSSR count). The molecule has 0 aliphatic carbocycles. The smallest absolute Gasteiger partial charge is 0.258 e. The molecule has 0 aliphatic heterocycles. The van der Waals surface area contributed by atoms with Crippen molar-refractivity contribution in [1.82, 2.24) is 5.32 Å². The summed E-state index contributed by atoms with van der Waals surface area (Å²) in [6.45, 7) is 3.05. The predicted octanol–water partition coefficient (Wildman–Crippen LogP) is 3.29. The molecule has 0 radical (unpaired) electrons. The molecule has 1 atom stereocenters. The van der Waals surface area contributed by atoms with E-state index in [-0.39, 0.29) is 30.2 Å². The first-order valence-corrected chi connectivity index (χ1v) is 7.77. The van der Waals surface area contributed by atoms with Crippen LogP contribution in [0.4, 0.5) is 4.39 Å². The van der Waals surface area contributed by atoms with Crippen molar-refractivity contribution in [2.24, 2.45) is 0 Å². The van der Waals surface area contributed by atoms with Gasteiger partial charge in [-0.3, -0.25) is 9.59 Å². The lowest BCUT2D eigenvalue weighted by atomic mass is 10.1. The van der Waals surface area contributed by atoms with Crippen LogP contribution < -0.4 is 14.8 Å². The molecule has 0 aliphatic rings. The van der Waals surface area contributed by atoms with Crippen molar-refractivity contribution in [3.05, 3.63) is 59.4 Å². The van der Waals surface area contributed by atoms with Gasteiger partial charge in [-0.25, -0.2) is 4.39 Å². The van der Waals surface area contributed by atoms with Crippen LogP contribution in [0.5, 0.6) is 11.5 Å². The predicted molar refractivity (Wildman–Crippen MR) is 91.5 cm³/mol. The zero-order valence-corrected chi connectivity index (χ0v) is 14.3. The first kappa shape index (κ1) is 18.4. The summed E-state index contributed by atoms with van der Waals surface area (Å²) in [6, 6.07) is 10.4. The number of hydrogen-bond acceptors (Lipinski definition) is 4. The van der Waals surface area contributed by atoms with Crippen molar-refractivity contribution in [2.45, 2.75) is 19.9 Å². The number of ether oxygens (including phenoxy) is 2. The second kappa shape index (κ2) is 8.28. The number of carbonyl (C=O) groups excluding carboxylic acids is 2. The Balaban J connectivity index is 1.95. The van der Waals surface area contributed by atoms with Crippen LogP contribution in [0.2, 0.25) is 0 Å². The minimum absolute atomic E-state index is 0.0873. The van der Waals surface area contributed by atoms with Gasteiger partial charge in [0.05, 0.1) is 13.2 Å². The third-order valence-electron chi connectivity index (χ3n) is 3.68. The summed E-state index contributed by atoms with van der Waals surface area (Å²) in [5.74, 6) is 0.0149. The molecule has 2 aromatic carbocycles. The van der Waals surface area contributed by atoms with Crippen molar-refractivity contribution < 1.29 is 23.5 Å².